The van der Waals surface area contributed by atoms with Gasteiger partial charge in [0.25, 0.3) is 5.91 Å². The molecule has 2 heterocycles. The topological polar surface area (TPSA) is 88.3 Å². The molecule has 6 heteroatoms. The van der Waals surface area contributed by atoms with Gasteiger partial charge in [-0.2, -0.15) is 0 Å². The Bertz CT molecular complexity index is 847. The van der Waals surface area contributed by atoms with E-state index in [1.165, 1.54) is 0 Å². The molecule has 1 atom stereocenters. The van der Waals surface area contributed by atoms with Crippen LogP contribution in [0, 0.1) is 5.92 Å². The van der Waals surface area contributed by atoms with Crippen LogP contribution in [0.3, 0.4) is 0 Å². The summed E-state index contributed by atoms with van der Waals surface area (Å²) in [6.45, 7) is 1.63. The maximum atomic E-state index is 12.7. The van der Waals surface area contributed by atoms with Gasteiger partial charge in [-0.1, -0.05) is 18.2 Å². The van der Waals surface area contributed by atoms with E-state index in [-0.39, 0.29) is 17.7 Å². The van der Waals surface area contributed by atoms with Crippen LogP contribution < -0.4 is 16.0 Å². The number of hydrogen-bond donors (Lipinski definition) is 2. The van der Waals surface area contributed by atoms with Crippen LogP contribution in [-0.4, -0.2) is 35.9 Å². The van der Waals surface area contributed by atoms with E-state index in [9.17, 15) is 9.59 Å². The van der Waals surface area contributed by atoms with Crippen molar-refractivity contribution in [1.29, 1.82) is 0 Å². The van der Waals surface area contributed by atoms with Gasteiger partial charge in [-0.3, -0.25) is 9.59 Å². The monoisotopic (exact) mass is 352 g/mol. The van der Waals surface area contributed by atoms with Gasteiger partial charge in [0.2, 0.25) is 5.91 Å². The minimum absolute atomic E-state index is 0.0296. The third-order valence-electron chi connectivity index (χ3n) is 5.19. The Hall–Kier alpha value is -2.63. The van der Waals surface area contributed by atoms with Crippen molar-refractivity contribution in [3.05, 3.63) is 35.9 Å². The molecule has 26 heavy (non-hydrogen) atoms. The number of benzene rings is 1. The van der Waals surface area contributed by atoms with Crippen molar-refractivity contribution in [2.45, 2.75) is 38.1 Å². The predicted molar refractivity (Wildman–Crippen MR) is 101 cm³/mol. The largest absolute Gasteiger partial charge is 0.370 e. The van der Waals surface area contributed by atoms with Crippen molar-refractivity contribution in [3.8, 4) is 0 Å². The van der Waals surface area contributed by atoms with Crippen LogP contribution in [0.15, 0.2) is 30.3 Å². The number of aromatic nitrogens is 1. The summed E-state index contributed by atoms with van der Waals surface area (Å²) >= 11 is 0. The molecule has 3 N–H and O–H groups in total. The fourth-order valence-electron chi connectivity index (χ4n) is 3.73. The Kier molecular flexibility index (Phi) is 4.49. The van der Waals surface area contributed by atoms with Gasteiger partial charge in [-0.05, 0) is 43.7 Å². The molecule has 2 amide bonds. The SMILES string of the molecule is NC(=O)CC1CCCN(c2cc(C(=O)NC3CC3)c3ccccc3n2)C1. The number of pyridine rings is 1. The number of piperidine rings is 1. The molecule has 0 radical (unpaired) electrons. The molecule has 1 saturated carbocycles. The highest BCUT2D eigenvalue weighted by atomic mass is 16.2. The third kappa shape index (κ3) is 3.64. The summed E-state index contributed by atoms with van der Waals surface area (Å²) in [5.74, 6) is 0.767. The Morgan fingerprint density at radius 2 is 2.04 bits per heavy atom. The molecule has 1 saturated heterocycles. The minimum atomic E-state index is -0.257. The Labute approximate surface area is 152 Å². The number of para-hydroxylation sites is 1. The van der Waals surface area contributed by atoms with Crippen LogP contribution in [0.5, 0.6) is 0 Å². The number of anilines is 1. The quantitative estimate of drug-likeness (QED) is 0.864. The van der Waals surface area contributed by atoms with Crippen molar-refractivity contribution >= 4 is 28.5 Å². The molecule has 1 aromatic heterocycles. The average molecular weight is 352 g/mol. The lowest BCUT2D eigenvalue weighted by Gasteiger charge is -2.33. The van der Waals surface area contributed by atoms with Crippen LogP contribution in [-0.2, 0) is 4.79 Å². The smallest absolute Gasteiger partial charge is 0.252 e. The van der Waals surface area contributed by atoms with Crippen LogP contribution in [0.2, 0.25) is 0 Å². The molecule has 1 aliphatic heterocycles. The van der Waals surface area contributed by atoms with Crippen LogP contribution in [0.25, 0.3) is 10.9 Å². The van der Waals surface area contributed by atoms with Gasteiger partial charge in [0.1, 0.15) is 5.82 Å². The Balaban J connectivity index is 1.66. The standard InChI is InChI=1S/C20H24N4O2/c21-18(25)10-13-4-3-9-24(12-13)19-11-16(20(26)22-14-7-8-14)15-5-1-2-6-17(15)23-19/h1-2,5-6,11,13-14H,3-4,7-10,12H2,(H2,21,25)(H,22,26). The number of rotatable bonds is 5. The van der Waals surface area contributed by atoms with Crippen LogP contribution >= 0.6 is 0 Å². The lowest BCUT2D eigenvalue weighted by atomic mass is 9.94. The zero-order valence-corrected chi connectivity index (χ0v) is 14.8. The first kappa shape index (κ1) is 16.8. The highest BCUT2D eigenvalue weighted by molar-refractivity contribution is 6.07. The summed E-state index contributed by atoms with van der Waals surface area (Å²) in [6, 6.07) is 9.97. The van der Waals surface area contributed by atoms with Crippen LogP contribution in [0.1, 0.15) is 42.5 Å². The highest BCUT2D eigenvalue weighted by Gasteiger charge is 2.27. The van der Waals surface area contributed by atoms with Crippen molar-refractivity contribution in [2.24, 2.45) is 11.7 Å². The third-order valence-corrected chi connectivity index (χ3v) is 5.19. The maximum Gasteiger partial charge on any atom is 0.252 e. The van der Waals surface area contributed by atoms with Crippen molar-refractivity contribution in [1.82, 2.24) is 10.3 Å². The number of nitrogens with one attached hydrogen (secondary N) is 1. The summed E-state index contributed by atoms with van der Waals surface area (Å²) < 4.78 is 0. The van der Waals surface area contributed by atoms with E-state index in [0.29, 0.717) is 18.0 Å². The van der Waals surface area contributed by atoms with Crippen LogP contribution in [0.4, 0.5) is 5.82 Å². The maximum absolute atomic E-state index is 12.7. The summed E-state index contributed by atoms with van der Waals surface area (Å²) in [5, 5.41) is 3.96. The zero-order valence-electron chi connectivity index (χ0n) is 14.8. The lowest BCUT2D eigenvalue weighted by Crippen LogP contribution is -2.37. The molecule has 6 nitrogen and oxygen atoms in total. The Morgan fingerprint density at radius 3 is 2.81 bits per heavy atom. The second-order valence-corrected chi connectivity index (χ2v) is 7.42. The fraction of sp³-hybridized carbons (Fsp3) is 0.450. The van der Waals surface area contributed by atoms with Gasteiger partial charge >= 0.3 is 0 Å². The van der Waals surface area contributed by atoms with Crippen molar-refractivity contribution < 1.29 is 9.59 Å². The zero-order chi connectivity index (χ0) is 18.1. The predicted octanol–water partition coefficient (Wildman–Crippen LogP) is 2.22. The van der Waals surface area contributed by atoms with Gasteiger partial charge in [0, 0.05) is 30.9 Å². The summed E-state index contributed by atoms with van der Waals surface area (Å²) in [7, 11) is 0. The number of carbonyl (C=O) groups is 2. The van der Waals surface area contributed by atoms with E-state index in [4.69, 9.17) is 10.7 Å². The number of fused-ring (bicyclic) bond motifs is 1. The van der Waals surface area contributed by atoms with E-state index >= 15 is 0 Å². The number of carbonyl (C=O) groups excluding carboxylic acids is 2. The van der Waals surface area contributed by atoms with E-state index < -0.39 is 0 Å². The van der Waals surface area contributed by atoms with Crippen molar-refractivity contribution in [3.63, 3.8) is 0 Å². The highest BCUT2D eigenvalue weighted by Crippen LogP contribution is 2.28. The fourth-order valence-corrected chi connectivity index (χ4v) is 3.73. The number of nitrogens with two attached hydrogens (primary N) is 1. The number of nitrogens with zero attached hydrogens (tertiary/aromatic N) is 2. The molecule has 4 rings (SSSR count). The Morgan fingerprint density at radius 1 is 1.23 bits per heavy atom. The molecule has 136 valence electrons. The first-order valence-electron chi connectivity index (χ1n) is 9.34. The summed E-state index contributed by atoms with van der Waals surface area (Å²) in [5.41, 5.74) is 6.87. The van der Waals surface area contributed by atoms with E-state index in [0.717, 1.165) is 55.5 Å². The lowest BCUT2D eigenvalue weighted by molar-refractivity contribution is -0.118. The molecule has 1 unspecified atom stereocenters. The first-order valence-corrected chi connectivity index (χ1v) is 9.34. The van der Waals surface area contributed by atoms with Gasteiger partial charge in [-0.25, -0.2) is 4.98 Å². The second-order valence-electron chi connectivity index (χ2n) is 7.42. The molecular formula is C20H24N4O2. The van der Waals surface area contributed by atoms with Gasteiger partial charge in [-0.15, -0.1) is 0 Å². The van der Waals surface area contributed by atoms with E-state index in [2.05, 4.69) is 10.2 Å². The van der Waals surface area contributed by atoms with E-state index in [1.54, 1.807) is 0 Å². The van der Waals surface area contributed by atoms with Crippen molar-refractivity contribution in [2.75, 3.05) is 18.0 Å². The summed E-state index contributed by atoms with van der Waals surface area (Å²) in [4.78, 5) is 31.0. The first-order chi connectivity index (χ1) is 12.6. The molecule has 2 aliphatic rings. The molecule has 1 aromatic carbocycles. The number of primary amides is 1. The normalized spacial score (nSPS) is 20.2. The second kappa shape index (κ2) is 6.94. The molecule has 0 spiro atoms. The average Bonchev–Trinajstić information content (AvgIpc) is 3.44. The van der Waals surface area contributed by atoms with Gasteiger partial charge in [0.05, 0.1) is 11.1 Å². The molecular weight excluding hydrogens is 328 g/mol. The molecule has 1 aliphatic carbocycles. The number of amides is 2. The molecule has 2 fully saturated rings. The minimum Gasteiger partial charge on any atom is -0.370 e. The van der Waals surface area contributed by atoms with E-state index in [1.807, 2.05) is 30.3 Å². The molecule has 2 aromatic rings. The molecule has 0 bridgehead atoms. The van der Waals surface area contributed by atoms with Gasteiger partial charge in [0.15, 0.2) is 0 Å². The summed E-state index contributed by atoms with van der Waals surface area (Å²) in [6.07, 6.45) is 4.52. The van der Waals surface area contributed by atoms with Gasteiger partial charge < -0.3 is 16.0 Å². The number of hydrogen-bond acceptors (Lipinski definition) is 4.